The van der Waals surface area contributed by atoms with Crippen LogP contribution >= 0.6 is 0 Å². The van der Waals surface area contributed by atoms with Crippen LogP contribution in [0.2, 0.25) is 0 Å². The highest BCUT2D eigenvalue weighted by molar-refractivity contribution is 4.88. The summed E-state index contributed by atoms with van der Waals surface area (Å²) in [6.07, 6.45) is 19.1. The Labute approximate surface area is 218 Å². The SMILES string of the molecule is C=CC(CCCCCCCC)C(C)(OC)OC.CCCCCCCCC(OC)C(OC)(OC)OC. The first-order valence-corrected chi connectivity index (χ1v) is 13.8. The van der Waals surface area contributed by atoms with Gasteiger partial charge in [0.05, 0.1) is 0 Å². The molecule has 0 aliphatic rings. The van der Waals surface area contributed by atoms with Gasteiger partial charge in [-0.15, -0.1) is 6.58 Å². The van der Waals surface area contributed by atoms with E-state index < -0.39 is 11.8 Å². The van der Waals surface area contributed by atoms with Crippen molar-refractivity contribution in [1.82, 2.24) is 0 Å². The van der Waals surface area contributed by atoms with Gasteiger partial charge in [0, 0.05) is 48.6 Å². The second-order valence-electron chi connectivity index (χ2n) is 9.32. The van der Waals surface area contributed by atoms with Crippen molar-refractivity contribution in [3.8, 4) is 0 Å². The van der Waals surface area contributed by atoms with Gasteiger partial charge in [0.2, 0.25) is 0 Å². The largest absolute Gasteiger partial charge is 0.373 e. The van der Waals surface area contributed by atoms with Gasteiger partial charge in [-0.05, 0) is 19.8 Å². The molecule has 0 aliphatic heterocycles. The Hall–Kier alpha value is -0.500. The van der Waals surface area contributed by atoms with Gasteiger partial charge in [0.25, 0.3) is 0 Å². The minimum absolute atomic E-state index is 0.205. The molecule has 6 heteroatoms. The molecule has 0 fully saturated rings. The van der Waals surface area contributed by atoms with Crippen molar-refractivity contribution in [2.24, 2.45) is 5.92 Å². The summed E-state index contributed by atoms with van der Waals surface area (Å²) in [4.78, 5) is 0. The van der Waals surface area contributed by atoms with Crippen LogP contribution in [0.25, 0.3) is 0 Å². The van der Waals surface area contributed by atoms with Crippen molar-refractivity contribution in [3.05, 3.63) is 12.7 Å². The van der Waals surface area contributed by atoms with Crippen molar-refractivity contribution < 1.29 is 28.4 Å². The molecule has 6 nitrogen and oxygen atoms in total. The Kier molecular flexibility index (Phi) is 25.0. The fourth-order valence-electron chi connectivity index (χ4n) is 4.32. The van der Waals surface area contributed by atoms with Crippen molar-refractivity contribution in [3.63, 3.8) is 0 Å². The lowest BCUT2D eigenvalue weighted by Crippen LogP contribution is -2.48. The van der Waals surface area contributed by atoms with Gasteiger partial charge in [-0.25, -0.2) is 0 Å². The monoisotopic (exact) mass is 504 g/mol. The van der Waals surface area contributed by atoms with Crippen LogP contribution in [0.1, 0.15) is 111 Å². The number of hydrogen-bond donors (Lipinski definition) is 0. The van der Waals surface area contributed by atoms with E-state index in [1.807, 2.05) is 13.0 Å². The zero-order chi connectivity index (χ0) is 27.0. The van der Waals surface area contributed by atoms with Crippen molar-refractivity contribution in [1.29, 1.82) is 0 Å². The Morgan fingerprint density at radius 2 is 1.00 bits per heavy atom. The molecule has 0 bridgehead atoms. The van der Waals surface area contributed by atoms with E-state index in [0.29, 0.717) is 0 Å². The van der Waals surface area contributed by atoms with E-state index >= 15 is 0 Å². The quantitative estimate of drug-likeness (QED) is 0.0801. The first-order chi connectivity index (χ1) is 16.8. The zero-order valence-electron chi connectivity index (χ0n) is 24.8. The third-order valence-electron chi connectivity index (χ3n) is 6.99. The van der Waals surface area contributed by atoms with Gasteiger partial charge in [0.1, 0.15) is 6.10 Å². The van der Waals surface area contributed by atoms with Crippen molar-refractivity contribution in [2.75, 3.05) is 42.7 Å². The molecule has 0 aliphatic carbocycles. The Balaban J connectivity index is 0. The standard InChI is InChI=1S/C15H30O2.C14H30O4/c1-6-8-9-10-11-12-13-14(7-2)15(3,16-4)17-5;1-6-7-8-9-10-11-12-13(15-2)14(16-3,17-4)18-5/h7,14H,2,6,8-13H2,1,3-5H3;13H,6-12H2,1-5H3. The molecule has 212 valence electrons. The lowest BCUT2D eigenvalue weighted by atomic mass is 9.93. The maximum Gasteiger partial charge on any atom is 0.310 e. The van der Waals surface area contributed by atoms with Crippen LogP contribution in [0, 0.1) is 5.92 Å². The lowest BCUT2D eigenvalue weighted by molar-refractivity contribution is -0.391. The Morgan fingerprint density at radius 1 is 0.600 bits per heavy atom. The minimum Gasteiger partial charge on any atom is -0.373 e. The van der Waals surface area contributed by atoms with Crippen LogP contribution in [0.4, 0.5) is 0 Å². The highest BCUT2D eigenvalue weighted by Crippen LogP contribution is 2.28. The predicted octanol–water partition coefficient (Wildman–Crippen LogP) is 7.89. The molecule has 0 heterocycles. The molecule has 0 aromatic rings. The van der Waals surface area contributed by atoms with Gasteiger partial charge in [0.15, 0.2) is 5.79 Å². The van der Waals surface area contributed by atoms with E-state index in [1.165, 1.54) is 70.6 Å². The molecule has 0 spiro atoms. The van der Waals surface area contributed by atoms with Crippen LogP contribution in [0.15, 0.2) is 12.7 Å². The van der Waals surface area contributed by atoms with Crippen LogP contribution in [0.5, 0.6) is 0 Å². The van der Waals surface area contributed by atoms with E-state index in [9.17, 15) is 0 Å². The highest BCUT2D eigenvalue weighted by Gasteiger charge is 2.40. The summed E-state index contributed by atoms with van der Waals surface area (Å²) in [7, 11) is 9.76. The topological polar surface area (TPSA) is 55.4 Å². The van der Waals surface area contributed by atoms with Crippen LogP contribution in [-0.4, -0.2) is 60.5 Å². The average molecular weight is 505 g/mol. The summed E-state index contributed by atoms with van der Waals surface area (Å²) in [5.41, 5.74) is 0. The molecule has 0 saturated heterocycles. The normalized spacial score (nSPS) is 13.7. The molecule has 0 amide bonds. The van der Waals surface area contributed by atoms with Gasteiger partial charge in [-0.1, -0.05) is 97.0 Å². The molecule has 0 aromatic heterocycles. The fourth-order valence-corrected chi connectivity index (χ4v) is 4.32. The van der Waals surface area contributed by atoms with Crippen molar-refractivity contribution >= 4 is 0 Å². The fraction of sp³-hybridized carbons (Fsp3) is 0.931. The zero-order valence-corrected chi connectivity index (χ0v) is 24.8. The summed E-state index contributed by atoms with van der Waals surface area (Å²) < 4.78 is 32.3. The summed E-state index contributed by atoms with van der Waals surface area (Å²) in [6.45, 7) is 10.3. The lowest BCUT2D eigenvalue weighted by Gasteiger charge is -2.35. The van der Waals surface area contributed by atoms with E-state index in [-0.39, 0.29) is 12.0 Å². The molecule has 0 radical (unpaired) electrons. The third-order valence-corrected chi connectivity index (χ3v) is 6.99. The van der Waals surface area contributed by atoms with Crippen molar-refractivity contribution in [2.45, 2.75) is 129 Å². The number of rotatable bonds is 23. The molecule has 0 rings (SSSR count). The summed E-state index contributed by atoms with van der Waals surface area (Å²) in [6, 6.07) is 0. The van der Waals surface area contributed by atoms with E-state index in [4.69, 9.17) is 28.4 Å². The van der Waals surface area contributed by atoms with Gasteiger partial charge < -0.3 is 28.4 Å². The smallest absolute Gasteiger partial charge is 0.310 e. The van der Waals surface area contributed by atoms with E-state index in [0.717, 1.165) is 19.3 Å². The van der Waals surface area contributed by atoms with Gasteiger partial charge >= 0.3 is 5.97 Å². The second kappa shape index (κ2) is 23.9. The summed E-state index contributed by atoms with van der Waals surface area (Å²) >= 11 is 0. The number of unbranched alkanes of at least 4 members (excludes halogenated alkanes) is 10. The summed E-state index contributed by atoms with van der Waals surface area (Å²) in [5, 5.41) is 0. The molecule has 2 unspecified atom stereocenters. The van der Waals surface area contributed by atoms with Crippen LogP contribution in [0.3, 0.4) is 0 Å². The van der Waals surface area contributed by atoms with E-state index in [1.54, 1.807) is 42.7 Å². The average Bonchev–Trinajstić information content (AvgIpc) is 2.90. The molecular weight excluding hydrogens is 444 g/mol. The molecular formula is C29H60O6. The molecule has 0 saturated carbocycles. The first-order valence-electron chi connectivity index (χ1n) is 13.8. The van der Waals surface area contributed by atoms with Gasteiger partial charge in [-0.3, -0.25) is 0 Å². The Morgan fingerprint density at radius 3 is 1.34 bits per heavy atom. The molecule has 0 aromatic carbocycles. The van der Waals surface area contributed by atoms with Gasteiger partial charge in [-0.2, -0.15) is 0 Å². The second-order valence-corrected chi connectivity index (χ2v) is 9.32. The first kappa shape index (κ1) is 36.7. The predicted molar refractivity (Wildman–Crippen MR) is 147 cm³/mol. The van der Waals surface area contributed by atoms with Crippen LogP contribution in [-0.2, 0) is 28.4 Å². The number of ether oxygens (including phenoxy) is 6. The number of hydrogen-bond acceptors (Lipinski definition) is 6. The number of methoxy groups -OCH3 is 6. The summed E-state index contributed by atoms with van der Waals surface area (Å²) in [5.74, 6) is -1.34. The maximum atomic E-state index is 5.44. The minimum atomic E-state index is -1.09. The molecule has 2 atom stereocenters. The Bertz CT molecular complexity index is 440. The maximum absolute atomic E-state index is 5.44. The van der Waals surface area contributed by atoms with Crippen LogP contribution < -0.4 is 0 Å². The third kappa shape index (κ3) is 15.4. The van der Waals surface area contributed by atoms with E-state index in [2.05, 4.69) is 20.4 Å². The highest BCUT2D eigenvalue weighted by atomic mass is 16.9. The molecule has 0 N–H and O–H groups in total. The molecule has 35 heavy (non-hydrogen) atoms.